The molecule has 528 valence electrons. The molecule has 21 fully saturated rings. The van der Waals surface area contributed by atoms with Crippen LogP contribution in [0.25, 0.3) is 0 Å². The molecule has 31 N–H and O–H groups in total. The Kier molecular flexibility index (Phi) is 27.8. The summed E-state index contributed by atoms with van der Waals surface area (Å²) in [7, 11) is 0. The van der Waals surface area contributed by atoms with E-state index in [2.05, 4.69) is 9.98 Å². The molecule has 45 heteroatoms. The van der Waals surface area contributed by atoms with Gasteiger partial charge in [-0.25, -0.2) is 0 Å². The first-order valence-electron chi connectivity index (χ1n) is 27.6. The van der Waals surface area contributed by atoms with Crippen molar-refractivity contribution in [3.05, 3.63) is 0 Å². The maximum absolute atomic E-state index is 11.6. The Morgan fingerprint density at radius 2 is 0.407 bits per heavy atom. The van der Waals surface area contributed by atoms with Crippen LogP contribution in [0.4, 0.5) is 9.59 Å². The lowest BCUT2D eigenvalue weighted by Crippen LogP contribution is -2.82. The number of rotatable bonds is 9. The summed E-state index contributed by atoms with van der Waals surface area (Å²) in [6.07, 6.45) is -74.1. The van der Waals surface area contributed by atoms with Crippen molar-refractivity contribution in [1.29, 1.82) is 0 Å². The number of guanidine groups is 2. The van der Waals surface area contributed by atoms with Crippen LogP contribution in [0.1, 0.15) is 0 Å². The highest BCUT2D eigenvalue weighted by Crippen LogP contribution is 2.39. The topological polar surface area (TPSA) is 766 Å². The van der Waals surface area contributed by atoms with E-state index in [-0.39, 0.29) is 0 Å². The molecule has 0 amide bonds. The second kappa shape index (κ2) is 33.4. The van der Waals surface area contributed by atoms with Crippen LogP contribution < -0.4 is 43.1 Å². The fourth-order valence-electron chi connectivity index (χ4n) is 10.9. The Morgan fingerprint density at radius 1 is 0.275 bits per heavy atom. The Hall–Kier alpha value is -4.24. The maximum atomic E-state index is 11.6. The molecular formula is C46H80N6O39. The summed E-state index contributed by atoms with van der Waals surface area (Å²) in [6.45, 7) is -6.26. The van der Waals surface area contributed by atoms with Gasteiger partial charge >= 0.3 is 11.9 Å². The Labute approximate surface area is 510 Å². The van der Waals surface area contributed by atoms with E-state index in [4.69, 9.17) is 119 Å². The lowest BCUT2D eigenvalue weighted by atomic mass is 9.95. The Balaban J connectivity index is 0.00000155. The molecule has 21 rings (SSSR count). The van der Waals surface area contributed by atoms with Crippen LogP contribution in [0.2, 0.25) is 0 Å². The van der Waals surface area contributed by atoms with Crippen molar-refractivity contribution < 1.29 is 203 Å². The van der Waals surface area contributed by atoms with E-state index in [1.807, 2.05) is 0 Å². The number of nitrogens with one attached hydrogen (secondary N) is 2. The zero-order valence-electron chi connectivity index (χ0n) is 47.2. The fourth-order valence-corrected chi connectivity index (χ4v) is 10.9. The quantitative estimate of drug-likeness (QED) is 0.0753. The molecule has 0 aromatic heterocycles. The van der Waals surface area contributed by atoms with Crippen LogP contribution in [-0.2, 0) is 66.3 Å². The lowest BCUT2D eigenvalue weighted by molar-refractivity contribution is -0.491. The van der Waals surface area contributed by atoms with Gasteiger partial charge in [-0.3, -0.25) is 32.9 Å². The van der Waals surface area contributed by atoms with Crippen molar-refractivity contribution in [2.24, 2.45) is 22.9 Å². The highest BCUT2D eigenvalue weighted by molar-refractivity contribution is 5.69. The van der Waals surface area contributed by atoms with Gasteiger partial charge in [-0.2, -0.15) is 0 Å². The van der Waals surface area contributed by atoms with E-state index in [0.29, 0.717) is 0 Å². The molecule has 35 atom stereocenters. The second-order valence-corrected chi connectivity index (χ2v) is 21.5. The van der Waals surface area contributed by atoms with Gasteiger partial charge < -0.3 is 193 Å². The van der Waals surface area contributed by atoms with Gasteiger partial charge in [-0.15, -0.1) is 0 Å². The minimum atomic E-state index is -2.22. The Morgan fingerprint density at radius 3 is 0.538 bits per heavy atom. The highest BCUT2D eigenvalue weighted by Gasteiger charge is 2.60. The van der Waals surface area contributed by atoms with Crippen molar-refractivity contribution in [3.8, 4) is 0 Å². The molecule has 21 aliphatic heterocycles. The predicted octanol–water partition coefficient (Wildman–Crippen LogP) is -22.7. The summed E-state index contributed by atoms with van der Waals surface area (Å²) in [5.41, 5.74) is 22.5. The van der Waals surface area contributed by atoms with Crippen molar-refractivity contribution in [3.63, 3.8) is 0 Å². The zero-order valence-corrected chi connectivity index (χ0v) is 47.2. The molecule has 0 saturated carbocycles. The largest absolute Gasteiger partial charge is 0.565 e. The SMILES string of the molecule is NC(N)=[NH+]C[C@H]1O[C@@H]2O[C@H]3[C@H](O)[C@@H](O)[C@@H](O[C@H]4[C@H](O)[C@@H](O)[C@@H](O[C@H]5[C@H](O)[C@@H](O)[C@@H](O[C@H]6[C@H](O)[C@@H](O)[C@@H](O[C@H]7[C@H](O)[C@@H](O)[C@@H](O[C@H]8[C@H](O)[C@@H](O)[C@@H](O[C@H]1[C@H](O)[C@H]2O)O[C@@H]8CO)O[C@@H]7CO)O[C@@H]6CO)O[C@@H]5C[NH+]=C(N)N)O[C@@H]4CO)O[C@@H]3CO.O=C([O-])O.O=C([O-])O. The fraction of sp³-hybridized carbons (Fsp3) is 0.913. The second-order valence-electron chi connectivity index (χ2n) is 21.5. The van der Waals surface area contributed by atoms with Gasteiger partial charge in [0.05, 0.1) is 46.1 Å². The lowest BCUT2D eigenvalue weighted by Gasteiger charge is -2.50. The minimum Gasteiger partial charge on any atom is -0.565 e. The van der Waals surface area contributed by atoms with E-state index in [1.165, 1.54) is 0 Å². The number of carbonyl (C=O) groups is 2. The van der Waals surface area contributed by atoms with Crippen LogP contribution in [0.15, 0.2) is 0 Å². The first kappa shape index (κ1) is 75.8. The van der Waals surface area contributed by atoms with Crippen LogP contribution in [0.3, 0.4) is 0 Å². The standard InChI is InChI=1S/C44H76N6O33.2CH2O3/c45-43(46)49-1-8-29-16(57)23(64)37(71-8)80-32-11(4-52)75-41(27(68)20(32)61)83-35-14(7-55)76-42(28(69)21(35)62)82-34-13(6-54)73-39(25(66)18(34)59)78-30-9(2-50-44(47)48)70-36(22(63)15(30)56)79-31-10(3-51)74-40(26(67)19(31)60)81-33-12(5-53)72-38(77-29)24(65)17(33)58;2*2-1(3)4/h8-42,51-69H,1-7H2,(H4,45,46,49)(H4,47,48,50);2*(H2,2,3,4)/t8-,9-,10-,11-,12-,13-,14-,15-,16-,17-,18-,19-,20-,21-,22-,23-,24-,25-,26-,27-,28-,29-,30-,31-,32-,33-,34-,35-,36-,37-,38-,39-,40-,41-,42-;;/m1../s1. The molecule has 0 aromatic carbocycles. The van der Waals surface area contributed by atoms with Crippen LogP contribution in [0, 0.1) is 0 Å². The summed E-state index contributed by atoms with van der Waals surface area (Å²) in [5, 5.41) is 243. The van der Waals surface area contributed by atoms with Crippen molar-refractivity contribution >= 4 is 24.2 Å². The van der Waals surface area contributed by atoms with Gasteiger partial charge in [0.25, 0.3) is 0 Å². The summed E-state index contributed by atoms with van der Waals surface area (Å²) < 4.78 is 81.3. The normalized spacial score (nSPS) is 48.0. The van der Waals surface area contributed by atoms with Gasteiger partial charge in [0.15, 0.2) is 44.0 Å². The molecule has 0 spiro atoms. The highest BCUT2D eigenvalue weighted by atomic mass is 16.8. The van der Waals surface area contributed by atoms with E-state index < -0.39 is 285 Å². The average molecular weight is 1340 g/mol. The molecule has 21 aliphatic rings. The van der Waals surface area contributed by atoms with Gasteiger partial charge in [0, 0.05) is 0 Å². The number of aliphatic hydroxyl groups excluding tert-OH is 19. The molecule has 0 aliphatic carbocycles. The summed E-state index contributed by atoms with van der Waals surface area (Å²) >= 11 is 0. The van der Waals surface area contributed by atoms with Crippen molar-refractivity contribution in [2.75, 3.05) is 46.1 Å². The minimum absolute atomic E-state index is 0.418. The van der Waals surface area contributed by atoms with Crippen LogP contribution in [0.5, 0.6) is 0 Å². The summed E-state index contributed by atoms with van der Waals surface area (Å²) in [4.78, 5) is 21.9. The van der Waals surface area contributed by atoms with Crippen LogP contribution >= 0.6 is 0 Å². The van der Waals surface area contributed by atoms with E-state index in [9.17, 15) is 97.0 Å². The first-order chi connectivity index (χ1) is 42.8. The molecule has 14 bridgehead atoms. The number of hydrogen-bond acceptors (Lipinski definition) is 37. The smallest absolute Gasteiger partial charge is 0.338 e. The molecule has 21 saturated heterocycles. The van der Waals surface area contributed by atoms with Crippen LogP contribution in [-0.4, -0.2) is 393 Å². The predicted molar refractivity (Wildman–Crippen MR) is 269 cm³/mol. The van der Waals surface area contributed by atoms with Gasteiger partial charge in [-0.05, 0) is 0 Å². The number of aliphatic hydroxyl groups is 19. The number of ether oxygens (including phenoxy) is 14. The summed E-state index contributed by atoms with van der Waals surface area (Å²) in [6, 6.07) is 0. The van der Waals surface area contributed by atoms with E-state index >= 15 is 0 Å². The number of nitrogens with two attached hydrogens (primary N) is 4. The van der Waals surface area contributed by atoms with Crippen molar-refractivity contribution in [2.45, 2.75) is 215 Å². The van der Waals surface area contributed by atoms with Gasteiger partial charge in [0.1, 0.15) is 171 Å². The maximum Gasteiger partial charge on any atom is 0.338 e. The first-order valence-corrected chi connectivity index (χ1v) is 27.6. The van der Waals surface area contributed by atoms with E-state index in [0.717, 1.165) is 0 Å². The van der Waals surface area contributed by atoms with Gasteiger partial charge in [-0.1, -0.05) is 0 Å². The molecule has 0 radical (unpaired) electrons. The molecule has 91 heavy (non-hydrogen) atoms. The summed E-state index contributed by atoms with van der Waals surface area (Å²) in [5.74, 6) is -0.835. The average Bonchev–Trinajstić information content (AvgIpc) is 0.833. The Bertz CT molecular complexity index is 2270. The molecule has 45 nitrogen and oxygen atoms in total. The van der Waals surface area contributed by atoms with Gasteiger partial charge in [0.2, 0.25) is 12.3 Å². The number of hydrogen-bond donors (Lipinski definition) is 27. The molecular weight excluding hydrogens is 1260 g/mol. The monoisotopic (exact) mass is 1340 g/mol. The van der Waals surface area contributed by atoms with E-state index in [1.54, 1.807) is 0 Å². The molecule has 21 heterocycles. The molecule has 0 aromatic rings. The zero-order chi connectivity index (χ0) is 67.8. The third-order valence-electron chi connectivity index (χ3n) is 15.4. The van der Waals surface area contributed by atoms with Crippen molar-refractivity contribution in [1.82, 2.24) is 0 Å². The third-order valence-corrected chi connectivity index (χ3v) is 15.4. The third kappa shape index (κ3) is 17.8. The molecule has 0 unspecified atom stereocenters. The number of carboxylic acid groups (broad SMARTS) is 4.